The molecule has 1 unspecified atom stereocenters. The Kier molecular flexibility index (Phi) is 6.03. The molecule has 1 amide bonds. The molecule has 1 aliphatic heterocycles. The van der Waals surface area contributed by atoms with E-state index in [-0.39, 0.29) is 11.8 Å². The second-order valence-corrected chi connectivity index (χ2v) is 9.53. The number of benzene rings is 1. The van der Waals surface area contributed by atoms with Crippen LogP contribution < -0.4 is 0 Å². The third kappa shape index (κ3) is 3.96. The van der Waals surface area contributed by atoms with Crippen molar-refractivity contribution in [1.82, 2.24) is 9.21 Å². The summed E-state index contributed by atoms with van der Waals surface area (Å²) in [7, 11) is -3.48. The van der Waals surface area contributed by atoms with Gasteiger partial charge in [-0.25, -0.2) is 8.42 Å². The summed E-state index contributed by atoms with van der Waals surface area (Å²) in [5, 5.41) is 0. The highest BCUT2D eigenvalue weighted by molar-refractivity contribution is 7.89. The standard InChI is InChI=1S/C20H30N2O3S/c1-3-16(2)17-8-10-19(11-9-17)26(24,25)22-14-12-21(13-15-22)20(23)18-6-4-5-7-18/h8-11,16,18H,3-7,12-15H2,1-2H3. The number of nitrogens with zero attached hydrogens (tertiary/aromatic N) is 2. The van der Waals surface area contributed by atoms with Crippen LogP contribution in [-0.2, 0) is 14.8 Å². The summed E-state index contributed by atoms with van der Waals surface area (Å²) in [6.07, 6.45) is 5.28. The molecule has 2 fully saturated rings. The first-order valence-electron chi connectivity index (χ1n) is 9.82. The first-order valence-corrected chi connectivity index (χ1v) is 11.3. The van der Waals surface area contributed by atoms with Gasteiger partial charge in [-0.3, -0.25) is 4.79 Å². The maximum absolute atomic E-state index is 12.9. The van der Waals surface area contributed by atoms with Crippen LogP contribution in [0, 0.1) is 5.92 Å². The van der Waals surface area contributed by atoms with Crippen LogP contribution in [0.4, 0.5) is 0 Å². The van der Waals surface area contributed by atoms with Gasteiger partial charge in [0.2, 0.25) is 15.9 Å². The van der Waals surface area contributed by atoms with Gasteiger partial charge in [0.1, 0.15) is 0 Å². The highest BCUT2D eigenvalue weighted by Gasteiger charge is 2.33. The highest BCUT2D eigenvalue weighted by Crippen LogP contribution is 2.28. The van der Waals surface area contributed by atoms with Crippen LogP contribution in [0.3, 0.4) is 0 Å². The molecular formula is C20H30N2O3S. The molecule has 1 aromatic carbocycles. The van der Waals surface area contributed by atoms with Crippen LogP contribution in [0.15, 0.2) is 29.2 Å². The maximum atomic E-state index is 12.9. The van der Waals surface area contributed by atoms with Gasteiger partial charge in [0.25, 0.3) is 0 Å². The van der Waals surface area contributed by atoms with Crippen LogP contribution in [0.5, 0.6) is 0 Å². The molecule has 0 spiro atoms. The Bertz CT molecular complexity index is 716. The second-order valence-electron chi connectivity index (χ2n) is 7.59. The summed E-state index contributed by atoms with van der Waals surface area (Å²) < 4.78 is 27.3. The second kappa shape index (κ2) is 8.09. The molecule has 3 rings (SSSR count). The van der Waals surface area contributed by atoms with Gasteiger partial charge in [-0.15, -0.1) is 0 Å². The van der Waals surface area contributed by atoms with Gasteiger partial charge in [-0.2, -0.15) is 4.31 Å². The third-order valence-electron chi connectivity index (χ3n) is 5.95. The predicted molar refractivity (Wildman–Crippen MR) is 102 cm³/mol. The molecule has 1 saturated heterocycles. The lowest BCUT2D eigenvalue weighted by atomic mass is 9.99. The lowest BCUT2D eigenvalue weighted by molar-refractivity contribution is -0.136. The molecule has 5 nitrogen and oxygen atoms in total. The van der Waals surface area contributed by atoms with Crippen LogP contribution in [-0.4, -0.2) is 49.7 Å². The predicted octanol–water partition coefficient (Wildman–Crippen LogP) is 3.22. The first-order chi connectivity index (χ1) is 12.4. The van der Waals surface area contributed by atoms with E-state index in [0.29, 0.717) is 37.0 Å². The minimum Gasteiger partial charge on any atom is -0.340 e. The maximum Gasteiger partial charge on any atom is 0.243 e. The molecule has 0 bridgehead atoms. The molecule has 1 saturated carbocycles. The van der Waals surface area contributed by atoms with Crippen molar-refractivity contribution in [3.8, 4) is 0 Å². The van der Waals surface area contributed by atoms with E-state index in [2.05, 4.69) is 13.8 Å². The molecule has 1 aliphatic carbocycles. The molecule has 1 aromatic rings. The van der Waals surface area contributed by atoms with E-state index in [4.69, 9.17) is 0 Å². The first kappa shape index (κ1) is 19.4. The minimum absolute atomic E-state index is 0.159. The number of rotatable bonds is 5. The van der Waals surface area contributed by atoms with Crippen molar-refractivity contribution >= 4 is 15.9 Å². The summed E-state index contributed by atoms with van der Waals surface area (Å²) in [6.45, 7) is 6.03. The average Bonchev–Trinajstić information content (AvgIpc) is 3.21. The Morgan fingerprint density at radius 3 is 2.19 bits per heavy atom. The van der Waals surface area contributed by atoms with Crippen molar-refractivity contribution < 1.29 is 13.2 Å². The zero-order valence-electron chi connectivity index (χ0n) is 15.9. The Hall–Kier alpha value is -1.40. The number of sulfonamides is 1. The number of hydrogen-bond donors (Lipinski definition) is 0. The van der Waals surface area contributed by atoms with Gasteiger partial charge in [-0.1, -0.05) is 38.8 Å². The van der Waals surface area contributed by atoms with E-state index < -0.39 is 10.0 Å². The minimum atomic E-state index is -3.48. The van der Waals surface area contributed by atoms with Gasteiger partial charge in [-0.05, 0) is 42.9 Å². The van der Waals surface area contributed by atoms with Crippen molar-refractivity contribution in [3.63, 3.8) is 0 Å². The summed E-state index contributed by atoms with van der Waals surface area (Å²) in [5.41, 5.74) is 1.17. The topological polar surface area (TPSA) is 57.7 Å². The molecule has 2 aliphatic rings. The van der Waals surface area contributed by atoms with Crippen LogP contribution in [0.25, 0.3) is 0 Å². The van der Waals surface area contributed by atoms with E-state index in [1.807, 2.05) is 17.0 Å². The molecule has 1 heterocycles. The highest BCUT2D eigenvalue weighted by atomic mass is 32.2. The lowest BCUT2D eigenvalue weighted by Gasteiger charge is -2.35. The van der Waals surface area contributed by atoms with E-state index in [1.165, 1.54) is 9.87 Å². The fourth-order valence-corrected chi connectivity index (χ4v) is 5.36. The monoisotopic (exact) mass is 378 g/mol. The summed E-state index contributed by atoms with van der Waals surface area (Å²) in [4.78, 5) is 14.7. The number of carbonyl (C=O) groups is 1. The largest absolute Gasteiger partial charge is 0.340 e. The molecule has 0 radical (unpaired) electrons. The van der Waals surface area contributed by atoms with E-state index in [0.717, 1.165) is 32.1 Å². The van der Waals surface area contributed by atoms with Gasteiger partial charge in [0, 0.05) is 32.1 Å². The normalized spacial score (nSPS) is 21.1. The van der Waals surface area contributed by atoms with E-state index in [1.54, 1.807) is 12.1 Å². The molecule has 1 atom stereocenters. The smallest absolute Gasteiger partial charge is 0.243 e. The Balaban J connectivity index is 1.63. The SMILES string of the molecule is CCC(C)c1ccc(S(=O)(=O)N2CCN(C(=O)C3CCCC3)CC2)cc1. The summed E-state index contributed by atoms with van der Waals surface area (Å²) in [6, 6.07) is 7.27. The van der Waals surface area contributed by atoms with Crippen LogP contribution in [0.2, 0.25) is 0 Å². The molecule has 6 heteroatoms. The van der Waals surface area contributed by atoms with Crippen molar-refractivity contribution in [2.75, 3.05) is 26.2 Å². The van der Waals surface area contributed by atoms with Crippen LogP contribution in [0.1, 0.15) is 57.4 Å². The molecule has 0 N–H and O–H groups in total. The number of hydrogen-bond acceptors (Lipinski definition) is 3. The van der Waals surface area contributed by atoms with Crippen molar-refractivity contribution in [2.24, 2.45) is 5.92 Å². The molecule has 26 heavy (non-hydrogen) atoms. The summed E-state index contributed by atoms with van der Waals surface area (Å²) >= 11 is 0. The van der Waals surface area contributed by atoms with Crippen LogP contribution >= 0.6 is 0 Å². The molecular weight excluding hydrogens is 348 g/mol. The Labute approximate surface area is 157 Å². The van der Waals surface area contributed by atoms with Gasteiger partial charge in [0.05, 0.1) is 4.90 Å². The fourth-order valence-electron chi connectivity index (χ4n) is 3.93. The quantitative estimate of drug-likeness (QED) is 0.790. The zero-order valence-corrected chi connectivity index (χ0v) is 16.7. The molecule has 0 aromatic heterocycles. The van der Waals surface area contributed by atoms with Gasteiger partial charge < -0.3 is 4.90 Å². The van der Waals surface area contributed by atoms with Gasteiger partial charge in [0.15, 0.2) is 0 Å². The summed E-state index contributed by atoms with van der Waals surface area (Å²) in [5.74, 6) is 0.806. The number of carbonyl (C=O) groups excluding carboxylic acids is 1. The number of piperazine rings is 1. The average molecular weight is 379 g/mol. The molecule has 144 valence electrons. The zero-order chi connectivity index (χ0) is 18.7. The van der Waals surface area contributed by atoms with Crippen molar-refractivity contribution in [3.05, 3.63) is 29.8 Å². The lowest BCUT2D eigenvalue weighted by Crippen LogP contribution is -2.51. The number of amides is 1. The Morgan fingerprint density at radius 2 is 1.65 bits per heavy atom. The third-order valence-corrected chi connectivity index (χ3v) is 7.87. The van der Waals surface area contributed by atoms with Crippen molar-refractivity contribution in [1.29, 1.82) is 0 Å². The van der Waals surface area contributed by atoms with Gasteiger partial charge >= 0.3 is 0 Å². The fraction of sp³-hybridized carbons (Fsp3) is 0.650. The van der Waals surface area contributed by atoms with Crippen molar-refractivity contribution in [2.45, 2.75) is 56.8 Å². The van der Waals surface area contributed by atoms with E-state index in [9.17, 15) is 13.2 Å². The Morgan fingerprint density at radius 1 is 1.08 bits per heavy atom. The van der Waals surface area contributed by atoms with E-state index >= 15 is 0 Å².